The van der Waals surface area contributed by atoms with Gasteiger partial charge >= 0.3 is 17.7 Å². The molecule has 168 valence electrons. The number of hydrogen-bond acceptors (Lipinski definition) is 8. The Bertz CT molecular complexity index is 1200. The topological polar surface area (TPSA) is 138 Å². The minimum atomic E-state index is -1.17. The number of carbonyl (C=O) groups excluding carboxylic acids is 1. The van der Waals surface area contributed by atoms with Crippen LogP contribution in [0.2, 0.25) is 0 Å². The first-order chi connectivity index (χ1) is 15.4. The lowest BCUT2D eigenvalue weighted by molar-refractivity contribution is 0.0693. The van der Waals surface area contributed by atoms with Crippen LogP contribution in [-0.2, 0) is 0 Å². The molecule has 0 aliphatic heterocycles. The number of hydrogen-bond donors (Lipinski definition) is 1. The highest BCUT2D eigenvalue weighted by molar-refractivity contribution is 5.95. The van der Waals surface area contributed by atoms with Gasteiger partial charge in [-0.3, -0.25) is 4.90 Å². The molecule has 0 bridgehead atoms. The van der Waals surface area contributed by atoms with Gasteiger partial charge < -0.3 is 19.3 Å². The molecule has 2 aromatic carbocycles. The summed E-state index contributed by atoms with van der Waals surface area (Å²) in [6.07, 6.45) is 0. The summed E-state index contributed by atoms with van der Waals surface area (Å²) in [4.78, 5) is 38.7. The number of ether oxygens (including phenoxy) is 3. The van der Waals surface area contributed by atoms with E-state index >= 15 is 0 Å². The summed E-state index contributed by atoms with van der Waals surface area (Å²) in [6.45, 7) is 1.85. The van der Waals surface area contributed by atoms with Gasteiger partial charge in [0.25, 0.3) is 0 Å². The fraction of sp³-hybridized carbons (Fsp3) is 0.250. The number of benzene rings is 2. The largest absolute Gasteiger partial charge is 0.496 e. The number of nitrogens with zero attached hydrogens (tertiary/aromatic N) is 5. The Morgan fingerprint density at radius 2 is 1.62 bits per heavy atom. The SMILES string of the molecule is CCN(C(=O)n1nnn(-c2c(OC)cccc2OC)c1=O)c1ccc(C(=O)O)c(OC)c1. The van der Waals surface area contributed by atoms with Crippen molar-refractivity contribution in [3.63, 3.8) is 0 Å². The number of rotatable bonds is 7. The molecule has 0 aliphatic carbocycles. The van der Waals surface area contributed by atoms with Gasteiger partial charge in [-0.2, -0.15) is 4.68 Å². The zero-order chi connectivity index (χ0) is 23.4. The predicted molar refractivity (Wildman–Crippen MR) is 112 cm³/mol. The first kappa shape index (κ1) is 22.3. The average molecular weight is 443 g/mol. The highest BCUT2D eigenvalue weighted by Crippen LogP contribution is 2.30. The van der Waals surface area contributed by atoms with Crippen LogP contribution >= 0.6 is 0 Å². The van der Waals surface area contributed by atoms with Crippen LogP contribution in [0.3, 0.4) is 0 Å². The summed E-state index contributed by atoms with van der Waals surface area (Å²) in [5.74, 6) is -0.511. The summed E-state index contributed by atoms with van der Waals surface area (Å²) in [5, 5.41) is 16.8. The predicted octanol–water partition coefficient (Wildman–Crippen LogP) is 1.65. The van der Waals surface area contributed by atoms with Gasteiger partial charge in [-0.1, -0.05) is 6.07 Å². The molecule has 0 saturated heterocycles. The smallest absolute Gasteiger partial charge is 0.377 e. The van der Waals surface area contributed by atoms with Crippen LogP contribution < -0.4 is 24.8 Å². The summed E-state index contributed by atoms with van der Waals surface area (Å²) in [5.41, 5.74) is -0.399. The van der Waals surface area contributed by atoms with E-state index in [0.717, 1.165) is 4.68 Å². The van der Waals surface area contributed by atoms with Crippen molar-refractivity contribution in [2.75, 3.05) is 32.8 Å². The zero-order valence-corrected chi connectivity index (χ0v) is 17.8. The van der Waals surface area contributed by atoms with Crippen LogP contribution in [0.5, 0.6) is 17.2 Å². The van der Waals surface area contributed by atoms with E-state index in [1.165, 1.54) is 44.4 Å². The van der Waals surface area contributed by atoms with Crippen molar-refractivity contribution in [1.82, 2.24) is 19.8 Å². The second-order valence-corrected chi connectivity index (χ2v) is 6.31. The lowest BCUT2D eigenvalue weighted by Crippen LogP contribution is -2.41. The van der Waals surface area contributed by atoms with E-state index in [4.69, 9.17) is 14.2 Å². The maximum Gasteiger partial charge on any atom is 0.377 e. The minimum absolute atomic E-state index is 0.0638. The molecule has 0 atom stereocenters. The molecule has 3 aromatic rings. The van der Waals surface area contributed by atoms with E-state index in [1.54, 1.807) is 25.1 Å². The van der Waals surface area contributed by atoms with Crippen LogP contribution in [0.4, 0.5) is 10.5 Å². The van der Waals surface area contributed by atoms with Crippen LogP contribution in [0, 0.1) is 0 Å². The van der Waals surface area contributed by atoms with Gasteiger partial charge in [0, 0.05) is 18.3 Å². The monoisotopic (exact) mass is 443 g/mol. The van der Waals surface area contributed by atoms with Gasteiger partial charge in [-0.15, -0.1) is 4.68 Å². The molecule has 12 nitrogen and oxygen atoms in total. The zero-order valence-electron chi connectivity index (χ0n) is 17.8. The van der Waals surface area contributed by atoms with E-state index < -0.39 is 17.7 Å². The molecular weight excluding hydrogens is 422 g/mol. The lowest BCUT2D eigenvalue weighted by atomic mass is 10.1. The molecule has 12 heteroatoms. The molecule has 0 saturated carbocycles. The molecule has 3 rings (SSSR count). The van der Waals surface area contributed by atoms with Crippen molar-refractivity contribution >= 4 is 17.7 Å². The summed E-state index contributed by atoms with van der Waals surface area (Å²) < 4.78 is 17.2. The van der Waals surface area contributed by atoms with Crippen molar-refractivity contribution in [3.8, 4) is 22.9 Å². The molecule has 0 aliphatic rings. The molecule has 0 radical (unpaired) electrons. The molecule has 0 unspecified atom stereocenters. The summed E-state index contributed by atoms with van der Waals surface area (Å²) in [7, 11) is 4.16. The Balaban J connectivity index is 2.05. The third kappa shape index (κ3) is 3.85. The molecule has 0 spiro atoms. The highest BCUT2D eigenvalue weighted by atomic mass is 16.5. The first-order valence-corrected chi connectivity index (χ1v) is 9.37. The van der Waals surface area contributed by atoms with Gasteiger partial charge in [0.1, 0.15) is 22.8 Å². The first-order valence-electron chi connectivity index (χ1n) is 9.37. The van der Waals surface area contributed by atoms with Gasteiger partial charge in [0.2, 0.25) is 0 Å². The number of amides is 1. The molecule has 0 fully saturated rings. The van der Waals surface area contributed by atoms with Gasteiger partial charge in [-0.05, 0) is 41.6 Å². The average Bonchev–Trinajstić information content (AvgIpc) is 3.19. The molecule has 1 heterocycles. The number of para-hydroxylation sites is 1. The van der Waals surface area contributed by atoms with Gasteiger partial charge in [0.05, 0.1) is 21.3 Å². The Morgan fingerprint density at radius 3 is 2.16 bits per heavy atom. The van der Waals surface area contributed by atoms with E-state index in [-0.39, 0.29) is 23.5 Å². The lowest BCUT2D eigenvalue weighted by Gasteiger charge is -2.20. The number of methoxy groups -OCH3 is 3. The highest BCUT2D eigenvalue weighted by Gasteiger charge is 2.25. The second-order valence-electron chi connectivity index (χ2n) is 6.31. The van der Waals surface area contributed by atoms with Gasteiger partial charge in [-0.25, -0.2) is 14.4 Å². The molecular formula is C20H21N5O7. The van der Waals surface area contributed by atoms with E-state index in [1.807, 2.05) is 0 Å². The Hall–Kier alpha value is -4.35. The third-order valence-electron chi connectivity index (χ3n) is 4.65. The van der Waals surface area contributed by atoms with Crippen molar-refractivity contribution in [1.29, 1.82) is 0 Å². The number of aromatic carboxylic acids is 1. The van der Waals surface area contributed by atoms with E-state index in [0.29, 0.717) is 21.9 Å². The fourth-order valence-electron chi connectivity index (χ4n) is 3.11. The molecule has 1 amide bonds. The van der Waals surface area contributed by atoms with Crippen LogP contribution in [-0.4, -0.2) is 64.8 Å². The van der Waals surface area contributed by atoms with E-state index in [2.05, 4.69) is 10.4 Å². The summed E-state index contributed by atoms with van der Waals surface area (Å²) >= 11 is 0. The number of carbonyl (C=O) groups is 2. The van der Waals surface area contributed by atoms with Crippen LogP contribution in [0.1, 0.15) is 17.3 Å². The van der Waals surface area contributed by atoms with Crippen molar-refractivity contribution in [2.24, 2.45) is 0 Å². The molecule has 1 aromatic heterocycles. The minimum Gasteiger partial charge on any atom is -0.496 e. The van der Waals surface area contributed by atoms with Crippen LogP contribution in [0.15, 0.2) is 41.2 Å². The van der Waals surface area contributed by atoms with Crippen molar-refractivity contribution in [3.05, 3.63) is 52.4 Å². The number of aromatic nitrogens is 4. The molecule has 32 heavy (non-hydrogen) atoms. The second kappa shape index (κ2) is 9.20. The number of carboxylic acid groups (broad SMARTS) is 1. The summed E-state index contributed by atoms with van der Waals surface area (Å²) in [6, 6.07) is 8.25. The van der Waals surface area contributed by atoms with Gasteiger partial charge in [0.15, 0.2) is 5.69 Å². The number of tetrazole rings is 1. The third-order valence-corrected chi connectivity index (χ3v) is 4.65. The van der Waals surface area contributed by atoms with Crippen molar-refractivity contribution in [2.45, 2.75) is 6.92 Å². The number of anilines is 1. The standard InChI is InChI=1S/C20H21N5O7/c1-5-23(12-9-10-13(18(26)27)16(11-12)32-4)19(28)25-20(29)24(21-22-25)17-14(30-2)7-6-8-15(17)31-3/h6-11H,5H2,1-4H3,(H,26,27). The number of carboxylic acids is 1. The Labute approximate surface area is 182 Å². The normalized spacial score (nSPS) is 10.5. The molecule has 1 N–H and O–H groups in total. The maximum atomic E-state index is 13.1. The van der Waals surface area contributed by atoms with E-state index in [9.17, 15) is 19.5 Å². The Kier molecular flexibility index (Phi) is 6.42. The quantitative estimate of drug-likeness (QED) is 0.540. The fourth-order valence-corrected chi connectivity index (χ4v) is 3.11. The van der Waals surface area contributed by atoms with Crippen molar-refractivity contribution < 1.29 is 28.9 Å². The maximum absolute atomic E-state index is 13.1. The Morgan fingerprint density at radius 1 is 1.00 bits per heavy atom. The van der Waals surface area contributed by atoms with Crippen LogP contribution in [0.25, 0.3) is 5.69 Å².